The molecule has 2 amide bonds. The quantitative estimate of drug-likeness (QED) is 0.351. The molecule has 0 aliphatic carbocycles. The second-order valence-electron chi connectivity index (χ2n) is 9.31. The van der Waals surface area contributed by atoms with Gasteiger partial charge in [-0.1, -0.05) is 0 Å². The highest BCUT2D eigenvalue weighted by Gasteiger charge is 2.50. The SMILES string of the molecule is O=C(Nc1ccc(-c2nc(C(N3CC4CCC(C3)O4)C(F)(F)F)c3c[nH]nc3n2)cc1)Nc1cccnc1. The monoisotopic (exact) mass is 524 g/mol. The zero-order valence-corrected chi connectivity index (χ0v) is 19.9. The lowest BCUT2D eigenvalue weighted by atomic mass is 10.1. The molecule has 0 radical (unpaired) electrons. The van der Waals surface area contributed by atoms with Gasteiger partial charge in [0.2, 0.25) is 0 Å². The van der Waals surface area contributed by atoms with Crippen LogP contribution in [0.4, 0.5) is 29.3 Å². The molecule has 2 aliphatic rings. The van der Waals surface area contributed by atoms with Crippen LogP contribution in [0.15, 0.2) is 55.0 Å². The third kappa shape index (κ3) is 4.89. The first-order chi connectivity index (χ1) is 18.3. The van der Waals surface area contributed by atoms with Crippen LogP contribution in [0.2, 0.25) is 0 Å². The number of nitrogens with one attached hydrogen (secondary N) is 3. The highest BCUT2D eigenvalue weighted by molar-refractivity contribution is 5.99. The molecule has 5 heterocycles. The number of rotatable bonds is 5. The molecule has 2 fully saturated rings. The number of hydrogen-bond donors (Lipinski definition) is 3. The fraction of sp³-hybridized carbons (Fsp3) is 0.320. The largest absolute Gasteiger partial charge is 0.409 e. The number of likely N-dealkylation sites (tertiary alicyclic amines) is 1. The molecule has 3 N–H and O–H groups in total. The summed E-state index contributed by atoms with van der Waals surface area (Å²) in [6.07, 6.45) is 1.02. The lowest BCUT2D eigenvalue weighted by Crippen LogP contribution is -2.49. The summed E-state index contributed by atoms with van der Waals surface area (Å²) in [4.78, 5) is 26.4. The van der Waals surface area contributed by atoms with Gasteiger partial charge in [0.15, 0.2) is 17.5 Å². The third-order valence-electron chi connectivity index (χ3n) is 6.66. The van der Waals surface area contributed by atoms with Crippen molar-refractivity contribution in [3.05, 3.63) is 60.7 Å². The Hall–Kier alpha value is -4.10. The summed E-state index contributed by atoms with van der Waals surface area (Å²) in [5.41, 5.74) is 1.49. The molecule has 196 valence electrons. The van der Waals surface area contributed by atoms with Gasteiger partial charge in [-0.3, -0.25) is 15.0 Å². The molecule has 4 aromatic rings. The van der Waals surface area contributed by atoms with Gasteiger partial charge in [-0.05, 0) is 49.2 Å². The van der Waals surface area contributed by atoms with E-state index in [1.807, 2.05) is 0 Å². The Kier molecular flexibility index (Phi) is 6.16. The molecule has 3 unspecified atom stereocenters. The number of morpholine rings is 1. The van der Waals surface area contributed by atoms with E-state index in [0.717, 1.165) is 12.8 Å². The van der Waals surface area contributed by atoms with Gasteiger partial charge in [0.1, 0.15) is 0 Å². The minimum Gasteiger partial charge on any atom is -0.372 e. The fourth-order valence-corrected chi connectivity index (χ4v) is 5.02. The van der Waals surface area contributed by atoms with Gasteiger partial charge >= 0.3 is 12.2 Å². The number of alkyl halides is 3. The number of pyridine rings is 1. The standard InChI is InChI=1S/C25H23F3N8O2/c26-25(27,28)21(36-12-17-7-8-18(13-36)38-17)20-19-11-30-35-23(19)34-22(33-20)14-3-5-15(6-4-14)31-24(37)32-16-2-1-9-29-10-16/h1-6,9-11,17-18,21H,7-8,12-13H2,(H2,31,32,37)(H,30,33,34,35). The van der Waals surface area contributed by atoms with E-state index in [2.05, 4.69) is 35.8 Å². The van der Waals surface area contributed by atoms with Gasteiger partial charge in [-0.15, -0.1) is 0 Å². The number of anilines is 2. The van der Waals surface area contributed by atoms with Gasteiger partial charge in [0, 0.05) is 36.7 Å². The number of urea groups is 1. The van der Waals surface area contributed by atoms with Crippen LogP contribution in [0.5, 0.6) is 0 Å². The van der Waals surface area contributed by atoms with Crippen LogP contribution in [0.3, 0.4) is 0 Å². The molecule has 3 aromatic heterocycles. The summed E-state index contributed by atoms with van der Waals surface area (Å²) in [5.74, 6) is 0.108. The maximum atomic E-state index is 14.5. The minimum absolute atomic E-state index is 0.108. The average molecular weight is 525 g/mol. The molecule has 0 saturated carbocycles. The predicted octanol–water partition coefficient (Wildman–Crippen LogP) is 4.53. The third-order valence-corrected chi connectivity index (χ3v) is 6.66. The molecule has 13 heteroatoms. The normalized spacial score (nSPS) is 20.4. The summed E-state index contributed by atoms with van der Waals surface area (Å²) in [5, 5.41) is 12.3. The number of H-pyrrole nitrogens is 1. The Bertz CT molecular complexity index is 1430. The predicted molar refractivity (Wildman–Crippen MR) is 132 cm³/mol. The van der Waals surface area contributed by atoms with Crippen molar-refractivity contribution in [1.29, 1.82) is 0 Å². The number of amides is 2. The zero-order chi connectivity index (χ0) is 26.3. The second kappa shape index (κ2) is 9.65. The van der Waals surface area contributed by atoms with E-state index in [-0.39, 0.29) is 47.8 Å². The lowest BCUT2D eigenvalue weighted by Gasteiger charge is -2.38. The number of benzene rings is 1. The van der Waals surface area contributed by atoms with Gasteiger partial charge in [0.05, 0.1) is 35.2 Å². The minimum atomic E-state index is -4.57. The van der Waals surface area contributed by atoms with E-state index in [9.17, 15) is 18.0 Å². The second-order valence-corrected chi connectivity index (χ2v) is 9.31. The Balaban J connectivity index is 1.29. The Morgan fingerprint density at radius 2 is 1.79 bits per heavy atom. The van der Waals surface area contributed by atoms with Crippen LogP contribution in [0, 0.1) is 0 Å². The first-order valence-electron chi connectivity index (χ1n) is 12.1. The molecule has 38 heavy (non-hydrogen) atoms. The zero-order valence-electron chi connectivity index (χ0n) is 19.9. The fourth-order valence-electron chi connectivity index (χ4n) is 5.02. The number of carbonyl (C=O) groups excluding carboxylic acids is 1. The highest BCUT2D eigenvalue weighted by Crippen LogP contribution is 2.42. The molecule has 3 atom stereocenters. The van der Waals surface area contributed by atoms with E-state index in [4.69, 9.17) is 4.74 Å². The maximum Gasteiger partial charge on any atom is 0.409 e. The van der Waals surface area contributed by atoms with Crippen LogP contribution in [-0.2, 0) is 4.74 Å². The van der Waals surface area contributed by atoms with E-state index in [1.54, 1.807) is 42.6 Å². The molecule has 6 rings (SSSR count). The van der Waals surface area contributed by atoms with Crippen LogP contribution in [0.1, 0.15) is 24.6 Å². The first-order valence-corrected chi connectivity index (χ1v) is 12.1. The van der Waals surface area contributed by atoms with E-state index < -0.39 is 18.2 Å². The van der Waals surface area contributed by atoms with Crippen LogP contribution >= 0.6 is 0 Å². The highest BCUT2D eigenvalue weighted by atomic mass is 19.4. The van der Waals surface area contributed by atoms with Crippen molar-refractivity contribution in [2.75, 3.05) is 23.7 Å². The molecule has 2 aliphatic heterocycles. The summed E-state index contributed by atoms with van der Waals surface area (Å²) >= 11 is 0. The number of halogens is 3. The summed E-state index contributed by atoms with van der Waals surface area (Å²) in [6.45, 7) is 0.363. The Morgan fingerprint density at radius 1 is 1.05 bits per heavy atom. The van der Waals surface area contributed by atoms with Crippen molar-refractivity contribution in [2.45, 2.75) is 37.3 Å². The summed E-state index contributed by atoms with van der Waals surface area (Å²) in [6, 6.07) is 7.52. The molecule has 0 spiro atoms. The van der Waals surface area contributed by atoms with Crippen LogP contribution in [0.25, 0.3) is 22.4 Å². The molecule has 2 bridgehead atoms. The van der Waals surface area contributed by atoms with Gasteiger partial charge in [-0.2, -0.15) is 18.3 Å². The van der Waals surface area contributed by atoms with Crippen molar-refractivity contribution in [1.82, 2.24) is 30.0 Å². The lowest BCUT2D eigenvalue weighted by molar-refractivity contribution is -0.202. The topological polar surface area (TPSA) is 121 Å². The van der Waals surface area contributed by atoms with Gasteiger partial charge in [-0.25, -0.2) is 14.8 Å². The Morgan fingerprint density at radius 3 is 2.47 bits per heavy atom. The van der Waals surface area contributed by atoms with Crippen molar-refractivity contribution in [2.24, 2.45) is 0 Å². The van der Waals surface area contributed by atoms with Crippen LogP contribution in [-0.4, -0.2) is 67.6 Å². The van der Waals surface area contributed by atoms with E-state index in [0.29, 0.717) is 16.9 Å². The van der Waals surface area contributed by atoms with E-state index >= 15 is 0 Å². The number of ether oxygens (including phenoxy) is 1. The smallest absolute Gasteiger partial charge is 0.372 e. The average Bonchev–Trinajstić information content (AvgIpc) is 3.50. The van der Waals surface area contributed by atoms with Crippen molar-refractivity contribution in [3.63, 3.8) is 0 Å². The van der Waals surface area contributed by atoms with Gasteiger partial charge in [0.25, 0.3) is 0 Å². The molecule has 10 nitrogen and oxygen atoms in total. The summed E-state index contributed by atoms with van der Waals surface area (Å²) < 4.78 is 49.4. The number of nitrogens with zero attached hydrogens (tertiary/aromatic N) is 5. The van der Waals surface area contributed by atoms with Crippen LogP contribution < -0.4 is 10.6 Å². The molecule has 1 aromatic carbocycles. The number of fused-ring (bicyclic) bond motifs is 3. The number of hydrogen-bond acceptors (Lipinski definition) is 7. The van der Waals surface area contributed by atoms with Crippen molar-refractivity contribution >= 4 is 28.4 Å². The van der Waals surface area contributed by atoms with E-state index in [1.165, 1.54) is 17.3 Å². The van der Waals surface area contributed by atoms with Crippen molar-refractivity contribution < 1.29 is 22.7 Å². The first kappa shape index (κ1) is 24.2. The number of carbonyl (C=O) groups is 1. The Labute approximate surface area is 214 Å². The number of aromatic nitrogens is 5. The molecular weight excluding hydrogens is 501 g/mol. The summed E-state index contributed by atoms with van der Waals surface area (Å²) in [7, 11) is 0. The van der Waals surface area contributed by atoms with Crippen molar-refractivity contribution in [3.8, 4) is 11.4 Å². The number of aromatic amines is 1. The maximum absolute atomic E-state index is 14.5. The molecule has 2 saturated heterocycles. The molecular formula is C25H23F3N8O2. The van der Waals surface area contributed by atoms with Gasteiger partial charge < -0.3 is 15.4 Å².